The van der Waals surface area contributed by atoms with Crippen molar-refractivity contribution < 1.29 is 19.1 Å². The summed E-state index contributed by atoms with van der Waals surface area (Å²) < 4.78 is 10.5. The number of hydrogen-bond donors (Lipinski definition) is 2. The highest BCUT2D eigenvalue weighted by molar-refractivity contribution is 5.67. The van der Waals surface area contributed by atoms with Crippen LogP contribution in [0.2, 0.25) is 0 Å². The first kappa shape index (κ1) is 38.5. The normalized spacial score (nSPS) is 11.1. The maximum atomic E-state index is 11.9. The van der Waals surface area contributed by atoms with E-state index in [1.54, 1.807) is 0 Å². The Balaban J connectivity index is 3.39. The van der Waals surface area contributed by atoms with Crippen molar-refractivity contribution in [3.8, 4) is 0 Å². The van der Waals surface area contributed by atoms with E-state index in [1.807, 2.05) is 6.92 Å². The monoisotopic (exact) mass is 569 g/mol. The molecule has 0 spiro atoms. The molecule has 2 N–H and O–H groups in total. The molecule has 0 rings (SSSR count). The number of rotatable bonds is 30. The Labute approximate surface area is 248 Å². The van der Waals surface area contributed by atoms with Crippen LogP contribution >= 0.6 is 0 Å². The van der Waals surface area contributed by atoms with E-state index in [4.69, 9.17) is 9.47 Å². The first-order chi connectivity index (χ1) is 19.6. The summed E-state index contributed by atoms with van der Waals surface area (Å²) in [4.78, 5) is 23.8. The summed E-state index contributed by atoms with van der Waals surface area (Å²) in [7, 11) is 0. The molecule has 0 aromatic heterocycles. The number of carbonyl (C=O) groups excluding carboxylic acids is 2. The molecule has 0 unspecified atom stereocenters. The zero-order valence-electron chi connectivity index (χ0n) is 27.0. The number of hydrogen-bond acceptors (Lipinski definition) is 4. The highest BCUT2D eigenvalue weighted by atomic mass is 16.6. The summed E-state index contributed by atoms with van der Waals surface area (Å²) in [6.45, 7) is 8.24. The number of ether oxygens (including phenoxy) is 2. The Morgan fingerprint density at radius 3 is 0.975 bits per heavy atom. The average Bonchev–Trinajstić information content (AvgIpc) is 2.95. The van der Waals surface area contributed by atoms with Crippen LogP contribution in [-0.4, -0.2) is 38.5 Å². The molecule has 40 heavy (non-hydrogen) atoms. The lowest BCUT2D eigenvalue weighted by Crippen LogP contribution is -2.30. The van der Waals surface area contributed by atoms with Gasteiger partial charge in [0.15, 0.2) is 0 Å². The first-order valence-corrected chi connectivity index (χ1v) is 17.4. The Bertz CT molecular complexity index is 498. The van der Waals surface area contributed by atoms with E-state index >= 15 is 0 Å². The van der Waals surface area contributed by atoms with E-state index in [2.05, 4.69) is 24.5 Å². The van der Waals surface area contributed by atoms with Crippen LogP contribution in [-0.2, 0) is 9.47 Å². The third kappa shape index (κ3) is 31.1. The van der Waals surface area contributed by atoms with Crippen LogP contribution in [0.15, 0.2) is 0 Å². The van der Waals surface area contributed by atoms with Gasteiger partial charge in [-0.1, -0.05) is 162 Å². The van der Waals surface area contributed by atoms with Crippen LogP contribution in [0.4, 0.5) is 9.59 Å². The molecule has 0 atom stereocenters. The molecule has 0 aromatic rings. The molecule has 0 radical (unpaired) electrons. The number of amides is 2. The van der Waals surface area contributed by atoms with Crippen molar-refractivity contribution in [2.75, 3.05) is 26.3 Å². The lowest BCUT2D eigenvalue weighted by atomic mass is 10.1. The molecule has 0 fully saturated rings. The molecule has 6 nitrogen and oxygen atoms in total. The fourth-order valence-electron chi connectivity index (χ4n) is 4.90. The third-order valence-electron chi connectivity index (χ3n) is 7.60. The third-order valence-corrected chi connectivity index (χ3v) is 7.60. The van der Waals surface area contributed by atoms with Crippen molar-refractivity contribution in [3.63, 3.8) is 0 Å². The van der Waals surface area contributed by atoms with Crippen molar-refractivity contribution in [3.05, 3.63) is 0 Å². The second-order valence-corrected chi connectivity index (χ2v) is 11.9. The molecular formula is C34H68N2O4. The van der Waals surface area contributed by atoms with Gasteiger partial charge >= 0.3 is 12.2 Å². The van der Waals surface area contributed by atoms with E-state index in [0.29, 0.717) is 13.1 Å². The van der Waals surface area contributed by atoms with Crippen LogP contribution in [0.1, 0.15) is 175 Å². The second-order valence-electron chi connectivity index (χ2n) is 11.9. The summed E-state index contributed by atoms with van der Waals surface area (Å²) >= 11 is 0. The molecule has 238 valence electrons. The van der Waals surface area contributed by atoms with Crippen molar-refractivity contribution in [2.45, 2.75) is 175 Å². The van der Waals surface area contributed by atoms with Crippen molar-refractivity contribution in [2.24, 2.45) is 5.92 Å². The predicted molar refractivity (Wildman–Crippen MR) is 170 cm³/mol. The number of alkyl carbamates (subject to hydrolysis) is 2. The second kappa shape index (κ2) is 32.1. The highest BCUT2D eigenvalue weighted by Gasteiger charge is 2.10. The minimum Gasteiger partial charge on any atom is -0.449 e. The van der Waals surface area contributed by atoms with Gasteiger partial charge in [0.1, 0.15) is 0 Å². The Kier molecular flexibility index (Phi) is 30.9. The van der Waals surface area contributed by atoms with E-state index in [9.17, 15) is 9.59 Å². The van der Waals surface area contributed by atoms with Gasteiger partial charge in [-0.2, -0.15) is 0 Å². The van der Waals surface area contributed by atoms with E-state index in [-0.39, 0.29) is 31.3 Å². The zero-order valence-corrected chi connectivity index (χ0v) is 27.0. The maximum absolute atomic E-state index is 11.9. The SMILES string of the molecule is CCCCCCCCCCCCCCNC(=O)OCC(C)COC(=O)NCCCCCCCCCCCCCC. The molecule has 0 aliphatic rings. The van der Waals surface area contributed by atoms with Gasteiger partial charge in [-0.05, 0) is 12.8 Å². The summed E-state index contributed by atoms with van der Waals surface area (Å²) in [6, 6.07) is 0. The predicted octanol–water partition coefficient (Wildman–Crippen LogP) is 10.5. The lowest BCUT2D eigenvalue weighted by Gasteiger charge is -2.13. The molecule has 0 saturated heterocycles. The minimum absolute atomic E-state index is 0.0326. The van der Waals surface area contributed by atoms with Gasteiger partial charge in [-0.3, -0.25) is 0 Å². The molecule has 2 amide bonds. The van der Waals surface area contributed by atoms with Gasteiger partial charge in [0.05, 0.1) is 13.2 Å². The van der Waals surface area contributed by atoms with Gasteiger partial charge in [0.25, 0.3) is 0 Å². The molecule has 0 saturated carbocycles. The highest BCUT2D eigenvalue weighted by Crippen LogP contribution is 2.13. The van der Waals surface area contributed by atoms with Crippen molar-refractivity contribution >= 4 is 12.2 Å². The molecule has 0 aromatic carbocycles. The molecular weight excluding hydrogens is 500 g/mol. The topological polar surface area (TPSA) is 76.7 Å². The summed E-state index contributed by atoms with van der Waals surface area (Å²) in [5.74, 6) is -0.0326. The van der Waals surface area contributed by atoms with Crippen LogP contribution in [0, 0.1) is 5.92 Å². The molecule has 0 aliphatic heterocycles. The first-order valence-electron chi connectivity index (χ1n) is 17.4. The zero-order chi connectivity index (χ0) is 29.4. The van der Waals surface area contributed by atoms with Gasteiger partial charge in [0, 0.05) is 19.0 Å². The lowest BCUT2D eigenvalue weighted by molar-refractivity contribution is 0.0913. The fourth-order valence-corrected chi connectivity index (χ4v) is 4.90. The number of nitrogens with one attached hydrogen (secondary N) is 2. The summed E-state index contributed by atoms with van der Waals surface area (Å²) in [6.07, 6.45) is 30.5. The molecule has 6 heteroatoms. The van der Waals surface area contributed by atoms with E-state index < -0.39 is 0 Å². The van der Waals surface area contributed by atoms with Crippen molar-refractivity contribution in [1.29, 1.82) is 0 Å². The summed E-state index contributed by atoms with van der Waals surface area (Å²) in [5, 5.41) is 5.65. The van der Waals surface area contributed by atoms with Crippen LogP contribution in [0.25, 0.3) is 0 Å². The molecule has 0 heterocycles. The molecule has 0 aliphatic carbocycles. The van der Waals surface area contributed by atoms with Gasteiger partial charge < -0.3 is 20.1 Å². The standard InChI is InChI=1S/C34H68N2O4/c1-4-6-8-10-12-14-16-18-20-22-24-26-28-35-33(37)39-30-32(3)31-40-34(38)36-29-27-25-23-21-19-17-15-13-11-9-7-5-2/h32H,4-31H2,1-3H3,(H,35,37)(H,36,38). The maximum Gasteiger partial charge on any atom is 0.407 e. The Hall–Kier alpha value is -1.46. The van der Waals surface area contributed by atoms with Crippen LogP contribution < -0.4 is 10.6 Å². The molecule has 0 bridgehead atoms. The van der Waals surface area contributed by atoms with Crippen molar-refractivity contribution in [1.82, 2.24) is 10.6 Å². The van der Waals surface area contributed by atoms with E-state index in [1.165, 1.54) is 128 Å². The van der Waals surface area contributed by atoms with Gasteiger partial charge in [-0.15, -0.1) is 0 Å². The number of unbranched alkanes of at least 4 members (excludes halogenated alkanes) is 22. The number of carbonyl (C=O) groups is 2. The fraction of sp³-hybridized carbons (Fsp3) is 0.941. The van der Waals surface area contributed by atoms with Gasteiger partial charge in [0.2, 0.25) is 0 Å². The minimum atomic E-state index is -0.383. The summed E-state index contributed by atoms with van der Waals surface area (Å²) in [5.41, 5.74) is 0. The Morgan fingerprint density at radius 2 is 0.700 bits per heavy atom. The van der Waals surface area contributed by atoms with Crippen LogP contribution in [0.3, 0.4) is 0 Å². The van der Waals surface area contributed by atoms with E-state index in [0.717, 1.165) is 25.7 Å². The average molecular weight is 569 g/mol. The Morgan fingerprint density at radius 1 is 0.450 bits per heavy atom. The van der Waals surface area contributed by atoms with Gasteiger partial charge in [-0.25, -0.2) is 9.59 Å². The van der Waals surface area contributed by atoms with Crippen LogP contribution in [0.5, 0.6) is 0 Å². The smallest absolute Gasteiger partial charge is 0.407 e. The quantitative estimate of drug-likeness (QED) is 0.0845. The largest absolute Gasteiger partial charge is 0.449 e.